The third-order valence-corrected chi connectivity index (χ3v) is 5.82. The van der Waals surface area contributed by atoms with Crippen LogP contribution in [0.4, 0.5) is 5.69 Å². The maximum Gasteiger partial charge on any atom is 0.228 e. The summed E-state index contributed by atoms with van der Waals surface area (Å²) in [6, 6.07) is 21.2. The zero-order chi connectivity index (χ0) is 22.2. The fraction of sp³-hybridized carbons (Fsp3) is 0.308. The minimum atomic E-state index is -0.111. The van der Waals surface area contributed by atoms with Crippen LogP contribution in [0, 0.1) is 6.92 Å². The molecule has 0 fully saturated rings. The number of nitrogens with zero attached hydrogens (tertiary/aromatic N) is 3. The molecule has 0 saturated heterocycles. The number of ether oxygens (including phenoxy) is 1. The van der Waals surface area contributed by atoms with Gasteiger partial charge in [-0.05, 0) is 72.3 Å². The van der Waals surface area contributed by atoms with Crippen LogP contribution in [-0.2, 0) is 12.8 Å². The molecule has 1 atom stereocenters. The summed E-state index contributed by atoms with van der Waals surface area (Å²) in [7, 11) is 1.99. The number of hydrogen-bond acceptors (Lipinski definition) is 3. The predicted octanol–water partition coefficient (Wildman–Crippen LogP) is 6.69. The molecule has 0 saturated carbocycles. The third kappa shape index (κ3) is 6.66. The summed E-state index contributed by atoms with van der Waals surface area (Å²) in [5, 5.41) is 0. The molecule has 0 aliphatic rings. The van der Waals surface area contributed by atoms with Crippen molar-refractivity contribution in [3.8, 4) is 5.88 Å². The topological polar surface area (TPSA) is 37.7 Å². The van der Waals surface area contributed by atoms with Crippen LogP contribution in [0.2, 0.25) is 0 Å². The number of pyridine rings is 1. The minimum Gasteiger partial charge on any atom is -0.469 e. The van der Waals surface area contributed by atoms with Gasteiger partial charge in [0.15, 0.2) is 0 Å². The van der Waals surface area contributed by atoms with Gasteiger partial charge < -0.3 is 9.64 Å². The smallest absolute Gasteiger partial charge is 0.228 e. The van der Waals surface area contributed by atoms with Crippen molar-refractivity contribution in [1.82, 2.24) is 9.88 Å². The first kappa shape index (κ1) is 23.0. The van der Waals surface area contributed by atoms with Crippen LogP contribution in [0.1, 0.15) is 42.3 Å². The van der Waals surface area contributed by atoms with E-state index in [1.165, 1.54) is 11.1 Å². The Bertz CT molecular complexity index is 1020. The molecule has 0 amide bonds. The molecule has 5 heteroatoms. The summed E-state index contributed by atoms with van der Waals surface area (Å²) in [5.74, 6) is 0.586. The normalized spacial score (nSPS) is 12.2. The number of benzene rings is 2. The van der Waals surface area contributed by atoms with E-state index in [1.54, 1.807) is 0 Å². The van der Waals surface area contributed by atoms with Crippen LogP contribution in [-0.4, -0.2) is 29.8 Å². The number of aromatic nitrogens is 1. The SMILES string of the molecule is CCN(C)/C=N/c1cc(Br)c(OC(C)c2cccc(CCc3ccccc3)c2)nc1C. The number of rotatable bonds is 9. The lowest BCUT2D eigenvalue weighted by Crippen LogP contribution is -2.14. The lowest BCUT2D eigenvalue weighted by molar-refractivity contribution is 0.215. The van der Waals surface area contributed by atoms with Gasteiger partial charge in [0, 0.05) is 13.6 Å². The summed E-state index contributed by atoms with van der Waals surface area (Å²) in [4.78, 5) is 11.2. The highest BCUT2D eigenvalue weighted by Crippen LogP contribution is 2.32. The quantitative estimate of drug-likeness (QED) is 0.253. The molecule has 1 heterocycles. The Balaban J connectivity index is 1.69. The Kier molecular flexibility index (Phi) is 8.24. The second-order valence-electron chi connectivity index (χ2n) is 7.69. The van der Waals surface area contributed by atoms with E-state index in [4.69, 9.17) is 4.74 Å². The molecular formula is C26H30BrN3O. The van der Waals surface area contributed by atoms with E-state index < -0.39 is 0 Å². The van der Waals surface area contributed by atoms with Crippen molar-refractivity contribution in [2.75, 3.05) is 13.6 Å². The van der Waals surface area contributed by atoms with Crippen LogP contribution in [0.15, 0.2) is 70.1 Å². The van der Waals surface area contributed by atoms with E-state index in [-0.39, 0.29) is 6.10 Å². The molecule has 1 aromatic heterocycles. The summed E-state index contributed by atoms with van der Waals surface area (Å²) in [5.41, 5.74) is 5.47. The highest BCUT2D eigenvalue weighted by atomic mass is 79.9. The van der Waals surface area contributed by atoms with Crippen molar-refractivity contribution in [3.05, 3.63) is 87.5 Å². The summed E-state index contributed by atoms with van der Waals surface area (Å²) in [6.07, 6.45) is 3.74. The molecule has 0 aliphatic heterocycles. The molecule has 0 aliphatic carbocycles. The van der Waals surface area contributed by atoms with Gasteiger partial charge in [0.2, 0.25) is 5.88 Å². The molecule has 3 rings (SSSR count). The first-order valence-electron chi connectivity index (χ1n) is 10.7. The van der Waals surface area contributed by atoms with Crippen LogP contribution in [0.25, 0.3) is 0 Å². The van der Waals surface area contributed by atoms with Gasteiger partial charge in [-0.3, -0.25) is 0 Å². The van der Waals surface area contributed by atoms with Gasteiger partial charge >= 0.3 is 0 Å². The Labute approximate surface area is 194 Å². The second kappa shape index (κ2) is 11.1. The van der Waals surface area contributed by atoms with Crippen molar-refractivity contribution in [3.63, 3.8) is 0 Å². The lowest BCUT2D eigenvalue weighted by atomic mass is 10.0. The average molecular weight is 480 g/mol. The fourth-order valence-corrected chi connectivity index (χ4v) is 3.57. The molecule has 162 valence electrons. The number of halogens is 1. The van der Waals surface area contributed by atoms with E-state index in [0.717, 1.165) is 40.8 Å². The first-order valence-corrected chi connectivity index (χ1v) is 11.5. The number of aliphatic imine (C=N–C) groups is 1. The van der Waals surface area contributed by atoms with Gasteiger partial charge in [0.05, 0.1) is 22.2 Å². The Hall–Kier alpha value is -2.66. The van der Waals surface area contributed by atoms with Crippen molar-refractivity contribution in [2.24, 2.45) is 4.99 Å². The second-order valence-corrected chi connectivity index (χ2v) is 8.54. The van der Waals surface area contributed by atoms with Gasteiger partial charge in [0.25, 0.3) is 0 Å². The van der Waals surface area contributed by atoms with Gasteiger partial charge in [-0.2, -0.15) is 0 Å². The fourth-order valence-electron chi connectivity index (χ4n) is 3.18. The first-order chi connectivity index (χ1) is 15.0. The van der Waals surface area contributed by atoms with E-state index in [0.29, 0.717) is 5.88 Å². The van der Waals surface area contributed by atoms with Crippen LogP contribution in [0.5, 0.6) is 5.88 Å². The molecule has 0 spiro atoms. The van der Waals surface area contributed by atoms with Gasteiger partial charge in [0.1, 0.15) is 6.10 Å². The van der Waals surface area contributed by atoms with Crippen LogP contribution < -0.4 is 4.74 Å². The standard InChI is InChI=1S/C26H30BrN3O/c1-5-30(4)18-28-25-17-24(27)26(29-19(25)2)31-20(3)23-13-9-12-22(16-23)15-14-21-10-7-6-8-11-21/h6-13,16-18,20H,5,14-15H2,1-4H3/b28-18+. The summed E-state index contributed by atoms with van der Waals surface area (Å²) in [6.45, 7) is 7.00. The zero-order valence-corrected chi connectivity index (χ0v) is 20.3. The molecule has 4 nitrogen and oxygen atoms in total. The van der Waals surface area contributed by atoms with Gasteiger partial charge in [-0.1, -0.05) is 54.6 Å². The van der Waals surface area contributed by atoms with E-state index in [1.807, 2.05) is 31.3 Å². The third-order valence-electron chi connectivity index (χ3n) is 5.25. The maximum atomic E-state index is 6.21. The molecular weight excluding hydrogens is 450 g/mol. The molecule has 31 heavy (non-hydrogen) atoms. The average Bonchev–Trinajstić information content (AvgIpc) is 2.79. The molecule has 3 aromatic rings. The van der Waals surface area contributed by atoms with Gasteiger partial charge in [-0.15, -0.1) is 0 Å². The lowest BCUT2D eigenvalue weighted by Gasteiger charge is -2.17. The molecule has 1 unspecified atom stereocenters. The van der Waals surface area contributed by atoms with E-state index >= 15 is 0 Å². The van der Waals surface area contributed by atoms with Crippen molar-refractivity contribution in [1.29, 1.82) is 0 Å². The molecule has 0 radical (unpaired) electrons. The summed E-state index contributed by atoms with van der Waals surface area (Å²) >= 11 is 3.60. The van der Waals surface area contributed by atoms with Crippen molar-refractivity contribution >= 4 is 28.0 Å². The Morgan fingerprint density at radius 3 is 2.52 bits per heavy atom. The highest BCUT2D eigenvalue weighted by Gasteiger charge is 2.14. The number of hydrogen-bond donors (Lipinski definition) is 0. The van der Waals surface area contributed by atoms with Crippen molar-refractivity contribution < 1.29 is 4.74 Å². The van der Waals surface area contributed by atoms with Gasteiger partial charge in [-0.25, -0.2) is 9.98 Å². The van der Waals surface area contributed by atoms with Crippen LogP contribution in [0.3, 0.4) is 0 Å². The van der Waals surface area contributed by atoms with E-state index in [2.05, 4.69) is 94.4 Å². The monoisotopic (exact) mass is 479 g/mol. The predicted molar refractivity (Wildman–Crippen MR) is 132 cm³/mol. The molecule has 0 bridgehead atoms. The molecule has 0 N–H and O–H groups in total. The maximum absolute atomic E-state index is 6.21. The van der Waals surface area contributed by atoms with Crippen LogP contribution >= 0.6 is 15.9 Å². The van der Waals surface area contributed by atoms with E-state index in [9.17, 15) is 0 Å². The number of aryl methyl sites for hydroxylation is 3. The largest absolute Gasteiger partial charge is 0.469 e. The zero-order valence-electron chi connectivity index (χ0n) is 18.7. The Morgan fingerprint density at radius 1 is 1.06 bits per heavy atom. The Morgan fingerprint density at radius 2 is 1.77 bits per heavy atom. The minimum absolute atomic E-state index is 0.111. The molecule has 2 aromatic carbocycles. The highest BCUT2D eigenvalue weighted by molar-refractivity contribution is 9.10. The summed E-state index contributed by atoms with van der Waals surface area (Å²) < 4.78 is 7.01. The van der Waals surface area contributed by atoms with Crippen molar-refractivity contribution in [2.45, 2.75) is 39.7 Å².